The zero-order chi connectivity index (χ0) is 15.2. The van der Waals surface area contributed by atoms with Gasteiger partial charge in [-0.25, -0.2) is 4.39 Å². The van der Waals surface area contributed by atoms with E-state index in [0.717, 1.165) is 35.5 Å². The molecule has 1 fully saturated rings. The minimum absolute atomic E-state index is 0.135. The summed E-state index contributed by atoms with van der Waals surface area (Å²) in [7, 11) is 0. The van der Waals surface area contributed by atoms with Gasteiger partial charge in [0.15, 0.2) is 0 Å². The summed E-state index contributed by atoms with van der Waals surface area (Å²) in [6.07, 6.45) is 6.26. The van der Waals surface area contributed by atoms with Gasteiger partial charge in [0.2, 0.25) is 0 Å². The predicted molar refractivity (Wildman–Crippen MR) is 91.0 cm³/mol. The lowest BCUT2D eigenvalue weighted by molar-refractivity contribution is 0.226. The fourth-order valence-corrected chi connectivity index (χ4v) is 3.92. The van der Waals surface area contributed by atoms with Crippen LogP contribution in [0.4, 0.5) is 4.39 Å². The van der Waals surface area contributed by atoms with E-state index >= 15 is 0 Å². The van der Waals surface area contributed by atoms with Crippen LogP contribution in [0.15, 0.2) is 22.7 Å². The SMILES string of the molecule is CC(C)CNCC1CCCCC1Cc1cc(F)cc(Br)c1. The molecule has 1 saturated carbocycles. The largest absolute Gasteiger partial charge is 0.316 e. The van der Waals surface area contributed by atoms with Crippen LogP contribution in [-0.2, 0) is 6.42 Å². The van der Waals surface area contributed by atoms with Crippen LogP contribution in [0.2, 0.25) is 0 Å². The van der Waals surface area contributed by atoms with E-state index in [2.05, 4.69) is 41.2 Å². The van der Waals surface area contributed by atoms with Crippen LogP contribution >= 0.6 is 15.9 Å². The Morgan fingerprint density at radius 1 is 1.19 bits per heavy atom. The lowest BCUT2D eigenvalue weighted by Crippen LogP contribution is -2.33. The fraction of sp³-hybridized carbons (Fsp3) is 0.667. The van der Waals surface area contributed by atoms with Crippen LogP contribution in [0, 0.1) is 23.6 Å². The predicted octanol–water partition coefficient (Wildman–Crippen LogP) is 5.18. The molecule has 1 aromatic rings. The van der Waals surface area contributed by atoms with E-state index < -0.39 is 0 Å². The zero-order valence-electron chi connectivity index (χ0n) is 13.2. The van der Waals surface area contributed by atoms with Gasteiger partial charge in [0.25, 0.3) is 0 Å². The second kappa shape index (κ2) is 8.28. The average molecular weight is 356 g/mol. The van der Waals surface area contributed by atoms with E-state index in [1.54, 1.807) is 6.07 Å². The van der Waals surface area contributed by atoms with Crippen molar-refractivity contribution in [3.63, 3.8) is 0 Å². The van der Waals surface area contributed by atoms with Crippen molar-refractivity contribution >= 4 is 15.9 Å². The topological polar surface area (TPSA) is 12.0 Å². The smallest absolute Gasteiger partial charge is 0.124 e. The molecule has 1 nitrogen and oxygen atoms in total. The first kappa shape index (κ1) is 17.0. The molecule has 3 heteroatoms. The molecule has 0 heterocycles. The molecule has 118 valence electrons. The monoisotopic (exact) mass is 355 g/mol. The number of hydrogen-bond donors (Lipinski definition) is 1. The molecule has 0 bridgehead atoms. The molecule has 0 radical (unpaired) electrons. The summed E-state index contributed by atoms with van der Waals surface area (Å²) in [6.45, 7) is 6.69. The van der Waals surface area contributed by atoms with Gasteiger partial charge >= 0.3 is 0 Å². The highest BCUT2D eigenvalue weighted by Gasteiger charge is 2.25. The summed E-state index contributed by atoms with van der Waals surface area (Å²) in [4.78, 5) is 0. The van der Waals surface area contributed by atoms with Gasteiger partial charge < -0.3 is 5.32 Å². The normalized spacial score (nSPS) is 22.7. The minimum Gasteiger partial charge on any atom is -0.316 e. The molecule has 0 saturated heterocycles. The summed E-state index contributed by atoms with van der Waals surface area (Å²) >= 11 is 3.40. The third kappa shape index (κ3) is 5.71. The Balaban J connectivity index is 1.94. The molecule has 1 aliphatic carbocycles. The molecule has 0 spiro atoms. The Bertz CT molecular complexity index is 427. The van der Waals surface area contributed by atoms with E-state index in [1.165, 1.54) is 31.7 Å². The van der Waals surface area contributed by atoms with Crippen LogP contribution in [0.3, 0.4) is 0 Å². The van der Waals surface area contributed by atoms with Crippen molar-refractivity contribution in [1.29, 1.82) is 0 Å². The quantitative estimate of drug-likeness (QED) is 0.740. The molecule has 2 unspecified atom stereocenters. The van der Waals surface area contributed by atoms with Crippen molar-refractivity contribution < 1.29 is 4.39 Å². The minimum atomic E-state index is -0.135. The van der Waals surface area contributed by atoms with E-state index in [-0.39, 0.29) is 5.82 Å². The average Bonchev–Trinajstić information content (AvgIpc) is 2.39. The van der Waals surface area contributed by atoms with Gasteiger partial charge in [0, 0.05) is 4.47 Å². The fourth-order valence-electron chi connectivity index (χ4n) is 3.41. The number of nitrogens with one attached hydrogen (secondary N) is 1. The van der Waals surface area contributed by atoms with E-state index in [4.69, 9.17) is 0 Å². The van der Waals surface area contributed by atoms with E-state index in [0.29, 0.717) is 11.8 Å². The highest BCUT2D eigenvalue weighted by Crippen LogP contribution is 2.33. The van der Waals surface area contributed by atoms with Crippen LogP contribution in [-0.4, -0.2) is 13.1 Å². The van der Waals surface area contributed by atoms with Crippen molar-refractivity contribution in [2.24, 2.45) is 17.8 Å². The molecule has 0 aromatic heterocycles. The van der Waals surface area contributed by atoms with Crippen molar-refractivity contribution in [3.8, 4) is 0 Å². The molecule has 0 aliphatic heterocycles. The Hall–Kier alpha value is -0.410. The second-order valence-electron chi connectivity index (χ2n) is 6.84. The van der Waals surface area contributed by atoms with Gasteiger partial charge in [-0.3, -0.25) is 0 Å². The number of hydrogen-bond acceptors (Lipinski definition) is 1. The summed E-state index contributed by atoms with van der Waals surface area (Å²) in [5, 5.41) is 3.61. The highest BCUT2D eigenvalue weighted by molar-refractivity contribution is 9.10. The maximum absolute atomic E-state index is 13.5. The maximum Gasteiger partial charge on any atom is 0.124 e. The molecule has 1 aromatic carbocycles. The van der Waals surface area contributed by atoms with Gasteiger partial charge in [0.05, 0.1) is 0 Å². The summed E-state index contributed by atoms with van der Waals surface area (Å²) < 4.78 is 14.4. The molecule has 0 amide bonds. The van der Waals surface area contributed by atoms with Crippen LogP contribution in [0.5, 0.6) is 0 Å². The molecule has 21 heavy (non-hydrogen) atoms. The van der Waals surface area contributed by atoms with Gasteiger partial charge in [0.1, 0.15) is 5.82 Å². The third-order valence-corrected chi connectivity index (χ3v) is 4.90. The number of halogens is 2. The molecule has 2 rings (SSSR count). The van der Waals surface area contributed by atoms with E-state index in [9.17, 15) is 4.39 Å². The Kier molecular flexibility index (Phi) is 6.69. The molecule has 1 N–H and O–H groups in total. The first-order valence-corrected chi connectivity index (χ1v) is 8.99. The molecular formula is C18H27BrFN. The van der Waals surface area contributed by atoms with Crippen molar-refractivity contribution in [1.82, 2.24) is 5.32 Å². The standard InChI is InChI=1S/C18H27BrFN/c1-13(2)11-21-12-16-6-4-3-5-15(16)7-14-8-17(19)10-18(20)9-14/h8-10,13,15-16,21H,3-7,11-12H2,1-2H3. The molecule has 2 atom stereocenters. The lowest BCUT2D eigenvalue weighted by Gasteiger charge is -2.32. The second-order valence-corrected chi connectivity index (χ2v) is 7.75. The Labute approximate surface area is 136 Å². The molecular weight excluding hydrogens is 329 g/mol. The third-order valence-electron chi connectivity index (χ3n) is 4.45. The Morgan fingerprint density at radius 2 is 1.90 bits per heavy atom. The lowest BCUT2D eigenvalue weighted by atomic mass is 9.76. The number of rotatable bonds is 6. The van der Waals surface area contributed by atoms with Gasteiger partial charge in [-0.2, -0.15) is 0 Å². The van der Waals surface area contributed by atoms with Crippen molar-refractivity contribution in [2.45, 2.75) is 46.0 Å². The van der Waals surface area contributed by atoms with Gasteiger partial charge in [-0.05, 0) is 73.9 Å². The summed E-state index contributed by atoms with van der Waals surface area (Å²) in [5.74, 6) is 1.99. The van der Waals surface area contributed by atoms with Crippen molar-refractivity contribution in [3.05, 3.63) is 34.1 Å². The maximum atomic E-state index is 13.5. The first-order chi connectivity index (χ1) is 10.0. The molecule has 1 aliphatic rings. The first-order valence-electron chi connectivity index (χ1n) is 8.20. The number of benzene rings is 1. The summed E-state index contributed by atoms with van der Waals surface area (Å²) in [6, 6.07) is 5.29. The highest BCUT2D eigenvalue weighted by atomic mass is 79.9. The van der Waals surface area contributed by atoms with Gasteiger partial charge in [-0.1, -0.05) is 42.6 Å². The van der Waals surface area contributed by atoms with Crippen LogP contribution in [0.1, 0.15) is 45.1 Å². The van der Waals surface area contributed by atoms with E-state index in [1.807, 2.05) is 0 Å². The Morgan fingerprint density at radius 3 is 2.57 bits per heavy atom. The van der Waals surface area contributed by atoms with Crippen molar-refractivity contribution in [2.75, 3.05) is 13.1 Å². The summed E-state index contributed by atoms with van der Waals surface area (Å²) in [5.41, 5.74) is 1.13. The van der Waals surface area contributed by atoms with Gasteiger partial charge in [-0.15, -0.1) is 0 Å². The van der Waals surface area contributed by atoms with Crippen LogP contribution < -0.4 is 5.32 Å². The zero-order valence-corrected chi connectivity index (χ0v) is 14.8. The van der Waals surface area contributed by atoms with Crippen LogP contribution in [0.25, 0.3) is 0 Å².